The van der Waals surface area contributed by atoms with Crippen molar-refractivity contribution in [1.82, 2.24) is 9.97 Å². The lowest BCUT2D eigenvalue weighted by Crippen LogP contribution is -2.04. The molecule has 0 bridgehead atoms. The lowest BCUT2D eigenvalue weighted by atomic mass is 10.2. The van der Waals surface area contributed by atoms with Crippen LogP contribution in [0.25, 0.3) is 0 Å². The van der Waals surface area contributed by atoms with Crippen LogP contribution in [0.4, 0.5) is 13.2 Å². The average molecular weight is 289 g/mol. The molecule has 100 valence electrons. The number of hydrogen-bond acceptors (Lipinski definition) is 3. The van der Waals surface area contributed by atoms with Crippen molar-refractivity contribution in [1.29, 1.82) is 0 Å². The van der Waals surface area contributed by atoms with Crippen molar-refractivity contribution in [3.8, 4) is 5.75 Å². The Morgan fingerprint density at radius 3 is 2.26 bits per heavy atom. The normalized spacial score (nSPS) is 11.4. The third-order valence-corrected chi connectivity index (χ3v) is 2.44. The number of alkyl halides is 3. The largest absolute Gasteiger partial charge is 0.487 e. The molecule has 0 amide bonds. The minimum atomic E-state index is -4.35. The number of nitrogens with zero attached hydrogens (tertiary/aromatic N) is 2. The summed E-state index contributed by atoms with van der Waals surface area (Å²) >= 11 is 5.57. The molecule has 0 saturated heterocycles. The predicted octanol–water partition coefficient (Wildman–Crippen LogP) is 3.73. The van der Waals surface area contributed by atoms with E-state index in [0.29, 0.717) is 11.4 Å². The van der Waals surface area contributed by atoms with Gasteiger partial charge in [-0.25, -0.2) is 4.98 Å². The van der Waals surface area contributed by atoms with E-state index in [1.165, 1.54) is 24.5 Å². The van der Waals surface area contributed by atoms with Gasteiger partial charge >= 0.3 is 6.18 Å². The maximum atomic E-state index is 12.3. The average Bonchev–Trinajstić information content (AvgIpc) is 2.37. The minimum absolute atomic E-state index is 0.107. The van der Waals surface area contributed by atoms with Crippen molar-refractivity contribution in [2.75, 3.05) is 0 Å². The van der Waals surface area contributed by atoms with Crippen molar-refractivity contribution < 1.29 is 17.9 Å². The Hall–Kier alpha value is -1.82. The number of benzene rings is 1. The van der Waals surface area contributed by atoms with E-state index in [0.717, 1.165) is 12.1 Å². The lowest BCUT2D eigenvalue weighted by molar-refractivity contribution is -0.137. The molecule has 2 aromatic rings. The summed E-state index contributed by atoms with van der Waals surface area (Å²) in [5.41, 5.74) is -0.185. The summed E-state index contributed by atoms with van der Waals surface area (Å²) in [6, 6.07) is 4.43. The minimum Gasteiger partial charge on any atom is -0.487 e. The fourth-order valence-corrected chi connectivity index (χ4v) is 1.41. The van der Waals surface area contributed by atoms with Gasteiger partial charge in [-0.05, 0) is 24.3 Å². The van der Waals surface area contributed by atoms with Crippen LogP contribution >= 0.6 is 11.6 Å². The molecule has 1 aromatic carbocycles. The van der Waals surface area contributed by atoms with Crippen LogP contribution in [-0.2, 0) is 12.8 Å². The maximum absolute atomic E-state index is 12.3. The van der Waals surface area contributed by atoms with E-state index in [1.807, 2.05) is 0 Å². The molecule has 0 saturated carbocycles. The Labute approximate surface area is 112 Å². The third kappa shape index (κ3) is 3.82. The van der Waals surface area contributed by atoms with E-state index in [9.17, 15) is 13.2 Å². The second-order valence-corrected chi connectivity index (χ2v) is 4.03. The van der Waals surface area contributed by atoms with Crippen LogP contribution in [0.5, 0.6) is 5.75 Å². The summed E-state index contributed by atoms with van der Waals surface area (Å²) in [6.07, 6.45) is -1.54. The highest BCUT2D eigenvalue weighted by atomic mass is 35.5. The highest BCUT2D eigenvalue weighted by molar-refractivity contribution is 6.29. The molecular formula is C12H8ClF3N2O. The molecule has 2 rings (SSSR count). The Bertz CT molecular complexity index is 540. The third-order valence-electron chi connectivity index (χ3n) is 2.24. The highest BCUT2D eigenvalue weighted by Crippen LogP contribution is 2.30. The Kier molecular flexibility index (Phi) is 3.90. The molecule has 0 N–H and O–H groups in total. The van der Waals surface area contributed by atoms with Crippen LogP contribution < -0.4 is 4.74 Å². The van der Waals surface area contributed by atoms with Gasteiger partial charge in [0.1, 0.15) is 17.5 Å². The van der Waals surface area contributed by atoms with Gasteiger partial charge in [-0.15, -0.1) is 0 Å². The second kappa shape index (κ2) is 5.44. The molecule has 0 radical (unpaired) electrons. The number of hydrogen-bond donors (Lipinski definition) is 0. The number of ether oxygens (including phenoxy) is 1. The van der Waals surface area contributed by atoms with Crippen LogP contribution in [0.2, 0.25) is 5.15 Å². The number of aromatic nitrogens is 2. The first-order valence-corrected chi connectivity index (χ1v) is 5.59. The van der Waals surface area contributed by atoms with Crippen molar-refractivity contribution in [3.05, 3.63) is 53.1 Å². The van der Waals surface area contributed by atoms with Crippen LogP contribution in [0.15, 0.2) is 36.7 Å². The van der Waals surface area contributed by atoms with Crippen molar-refractivity contribution in [2.45, 2.75) is 12.8 Å². The molecular weight excluding hydrogens is 281 g/mol. The molecule has 0 atom stereocenters. The van der Waals surface area contributed by atoms with Crippen molar-refractivity contribution >= 4 is 11.6 Å². The van der Waals surface area contributed by atoms with E-state index in [4.69, 9.17) is 16.3 Å². The Morgan fingerprint density at radius 1 is 1.05 bits per heavy atom. The maximum Gasteiger partial charge on any atom is 0.416 e. The Balaban J connectivity index is 1.98. The van der Waals surface area contributed by atoms with Crippen LogP contribution in [-0.4, -0.2) is 9.97 Å². The molecule has 3 nitrogen and oxygen atoms in total. The first kappa shape index (κ1) is 13.6. The number of halogens is 4. The molecule has 0 spiro atoms. The summed E-state index contributed by atoms with van der Waals surface area (Å²) in [5, 5.41) is 0.262. The van der Waals surface area contributed by atoms with Crippen LogP contribution in [0.1, 0.15) is 11.3 Å². The fraction of sp³-hybridized carbons (Fsp3) is 0.167. The number of rotatable bonds is 3. The van der Waals surface area contributed by atoms with E-state index in [1.54, 1.807) is 0 Å². The van der Waals surface area contributed by atoms with E-state index < -0.39 is 11.7 Å². The molecule has 0 unspecified atom stereocenters. The smallest absolute Gasteiger partial charge is 0.416 e. The van der Waals surface area contributed by atoms with Gasteiger partial charge in [0.25, 0.3) is 0 Å². The molecule has 0 aliphatic rings. The molecule has 19 heavy (non-hydrogen) atoms. The van der Waals surface area contributed by atoms with E-state index in [-0.39, 0.29) is 11.8 Å². The van der Waals surface area contributed by atoms with Gasteiger partial charge in [0.2, 0.25) is 0 Å². The molecule has 1 heterocycles. The first-order chi connectivity index (χ1) is 8.95. The van der Waals surface area contributed by atoms with E-state index >= 15 is 0 Å². The zero-order valence-electron chi connectivity index (χ0n) is 9.49. The lowest BCUT2D eigenvalue weighted by Gasteiger charge is -2.08. The molecule has 0 aliphatic heterocycles. The van der Waals surface area contributed by atoms with Gasteiger partial charge in [0.05, 0.1) is 23.7 Å². The molecule has 0 fully saturated rings. The summed E-state index contributed by atoms with van der Waals surface area (Å²) in [4.78, 5) is 7.76. The zero-order chi connectivity index (χ0) is 13.9. The van der Waals surface area contributed by atoms with Gasteiger partial charge in [-0.3, -0.25) is 4.98 Å². The van der Waals surface area contributed by atoms with Crippen LogP contribution in [0.3, 0.4) is 0 Å². The molecule has 0 aliphatic carbocycles. The topological polar surface area (TPSA) is 35.0 Å². The zero-order valence-corrected chi connectivity index (χ0v) is 10.2. The summed E-state index contributed by atoms with van der Waals surface area (Å²) in [6.45, 7) is 0.107. The van der Waals surface area contributed by atoms with Gasteiger partial charge < -0.3 is 4.74 Å². The van der Waals surface area contributed by atoms with Gasteiger partial charge in [-0.2, -0.15) is 13.2 Å². The van der Waals surface area contributed by atoms with Crippen molar-refractivity contribution in [2.24, 2.45) is 0 Å². The van der Waals surface area contributed by atoms with E-state index in [2.05, 4.69) is 9.97 Å². The summed E-state index contributed by atoms with van der Waals surface area (Å²) in [5.74, 6) is 0.324. The molecule has 7 heteroatoms. The highest BCUT2D eigenvalue weighted by Gasteiger charge is 2.29. The molecule has 1 aromatic heterocycles. The SMILES string of the molecule is FC(F)(F)c1ccc(OCc2cnc(Cl)cn2)cc1. The first-order valence-electron chi connectivity index (χ1n) is 5.21. The predicted molar refractivity (Wildman–Crippen MR) is 62.8 cm³/mol. The van der Waals surface area contributed by atoms with Crippen molar-refractivity contribution in [3.63, 3.8) is 0 Å². The summed E-state index contributed by atoms with van der Waals surface area (Å²) in [7, 11) is 0. The fourth-order valence-electron chi connectivity index (χ4n) is 1.31. The van der Waals surface area contributed by atoms with Gasteiger partial charge in [0.15, 0.2) is 0 Å². The monoisotopic (exact) mass is 288 g/mol. The standard InChI is InChI=1S/C12H8ClF3N2O/c13-11-6-17-9(5-18-11)7-19-10-3-1-8(2-4-10)12(14,15)16/h1-6H,7H2. The van der Waals surface area contributed by atoms with Gasteiger partial charge in [0, 0.05) is 0 Å². The Morgan fingerprint density at radius 2 is 1.74 bits per heavy atom. The van der Waals surface area contributed by atoms with Gasteiger partial charge in [-0.1, -0.05) is 11.6 Å². The quantitative estimate of drug-likeness (QED) is 0.863. The van der Waals surface area contributed by atoms with Crippen LogP contribution in [0, 0.1) is 0 Å². The second-order valence-electron chi connectivity index (χ2n) is 3.64. The summed E-state index contributed by atoms with van der Waals surface area (Å²) < 4.78 is 42.3.